The number of hydrogen-bond acceptors (Lipinski definition) is 3. The summed E-state index contributed by atoms with van der Waals surface area (Å²) in [5.74, 6) is -0.705. The minimum absolute atomic E-state index is 0.0190. The van der Waals surface area contributed by atoms with Crippen molar-refractivity contribution < 1.29 is 14.1 Å². The molecule has 128 valence electrons. The molecule has 2 aromatic carbocycles. The normalized spacial score (nSPS) is 10.8. The molecule has 1 amide bonds. The zero-order valence-corrected chi connectivity index (χ0v) is 13.5. The molecule has 0 saturated heterocycles. The van der Waals surface area contributed by atoms with Gasteiger partial charge in [0, 0.05) is 34.4 Å². The molecule has 6 nitrogen and oxygen atoms in total. The minimum atomic E-state index is -0.461. The highest BCUT2D eigenvalue weighted by Gasteiger charge is 2.15. The standard InChI is InChI=1S/C18H16FN3O3/c1-2-11-3-5-14(9-17(11)22(24)25)21-18(23)7-12-10-20-16-6-4-13(19)8-15(12)16/h3-6,8-10,20H,2,7H2,1H3,(H,21,23). The maximum Gasteiger partial charge on any atom is 0.274 e. The Hall–Kier alpha value is -3.22. The number of H-pyrrole nitrogens is 1. The van der Waals surface area contributed by atoms with Gasteiger partial charge in [-0.2, -0.15) is 0 Å². The van der Waals surface area contributed by atoms with Gasteiger partial charge in [-0.15, -0.1) is 0 Å². The zero-order valence-electron chi connectivity index (χ0n) is 13.5. The highest BCUT2D eigenvalue weighted by atomic mass is 19.1. The summed E-state index contributed by atoms with van der Waals surface area (Å²) in [5.41, 5.74) is 2.35. The minimum Gasteiger partial charge on any atom is -0.361 e. The fourth-order valence-electron chi connectivity index (χ4n) is 2.79. The van der Waals surface area contributed by atoms with Crippen molar-refractivity contribution in [3.05, 3.63) is 69.7 Å². The predicted octanol–water partition coefficient (Wildman–Crippen LogP) is 3.96. The molecule has 0 bridgehead atoms. The van der Waals surface area contributed by atoms with Crippen LogP contribution in [0.3, 0.4) is 0 Å². The Morgan fingerprint density at radius 1 is 1.24 bits per heavy atom. The van der Waals surface area contributed by atoms with E-state index < -0.39 is 4.92 Å². The van der Waals surface area contributed by atoms with Crippen LogP contribution in [0.2, 0.25) is 0 Å². The average molecular weight is 341 g/mol. The molecule has 0 unspecified atom stereocenters. The molecule has 25 heavy (non-hydrogen) atoms. The van der Waals surface area contributed by atoms with E-state index in [1.54, 1.807) is 24.4 Å². The van der Waals surface area contributed by atoms with Crippen LogP contribution in [0.1, 0.15) is 18.1 Å². The van der Waals surface area contributed by atoms with E-state index in [9.17, 15) is 19.3 Å². The Bertz CT molecular complexity index is 965. The van der Waals surface area contributed by atoms with E-state index >= 15 is 0 Å². The number of aromatic amines is 1. The fourth-order valence-corrected chi connectivity index (χ4v) is 2.79. The molecule has 0 aliphatic carbocycles. The van der Waals surface area contributed by atoms with Gasteiger partial charge in [-0.25, -0.2) is 4.39 Å². The highest BCUT2D eigenvalue weighted by molar-refractivity contribution is 5.96. The number of fused-ring (bicyclic) bond motifs is 1. The summed E-state index contributed by atoms with van der Waals surface area (Å²) in [7, 11) is 0. The van der Waals surface area contributed by atoms with E-state index in [0.29, 0.717) is 28.6 Å². The molecule has 0 atom stereocenters. The van der Waals surface area contributed by atoms with Gasteiger partial charge >= 0.3 is 0 Å². The third kappa shape index (κ3) is 3.50. The number of halogens is 1. The Kier molecular flexibility index (Phi) is 4.47. The van der Waals surface area contributed by atoms with Crippen LogP contribution >= 0.6 is 0 Å². The third-order valence-corrected chi connectivity index (χ3v) is 4.03. The van der Waals surface area contributed by atoms with Crippen LogP contribution in [0.4, 0.5) is 15.8 Å². The number of hydrogen-bond donors (Lipinski definition) is 2. The smallest absolute Gasteiger partial charge is 0.274 e. The van der Waals surface area contributed by atoms with Gasteiger partial charge in [-0.3, -0.25) is 14.9 Å². The molecular weight excluding hydrogens is 325 g/mol. The maximum absolute atomic E-state index is 13.4. The molecule has 1 heterocycles. The molecule has 7 heteroatoms. The van der Waals surface area contributed by atoms with E-state index in [1.807, 2.05) is 6.92 Å². The first-order valence-corrected chi connectivity index (χ1v) is 7.80. The Morgan fingerprint density at radius 3 is 2.76 bits per heavy atom. The van der Waals surface area contributed by atoms with Gasteiger partial charge in [0.2, 0.25) is 5.91 Å². The second-order valence-corrected chi connectivity index (χ2v) is 5.68. The number of nitrogens with zero attached hydrogens (tertiary/aromatic N) is 1. The SMILES string of the molecule is CCc1ccc(NC(=O)Cc2c[nH]c3ccc(F)cc23)cc1[N+](=O)[O-]. The lowest BCUT2D eigenvalue weighted by atomic mass is 10.1. The number of benzene rings is 2. The van der Waals surface area contributed by atoms with E-state index in [2.05, 4.69) is 10.3 Å². The quantitative estimate of drug-likeness (QED) is 0.544. The molecule has 1 aromatic heterocycles. The number of nitro groups is 1. The summed E-state index contributed by atoms with van der Waals surface area (Å²) in [4.78, 5) is 25.9. The lowest BCUT2D eigenvalue weighted by molar-refractivity contribution is -0.385. The third-order valence-electron chi connectivity index (χ3n) is 4.03. The molecule has 0 fully saturated rings. The second-order valence-electron chi connectivity index (χ2n) is 5.68. The number of nitro benzene ring substituents is 1. The topological polar surface area (TPSA) is 88.0 Å². The van der Waals surface area contributed by atoms with E-state index in [4.69, 9.17) is 0 Å². The van der Waals surface area contributed by atoms with Crippen LogP contribution in [0, 0.1) is 15.9 Å². The Labute approximate surface area is 142 Å². The zero-order chi connectivity index (χ0) is 18.0. The van der Waals surface area contributed by atoms with Crippen LogP contribution < -0.4 is 5.32 Å². The molecule has 0 radical (unpaired) electrons. The summed E-state index contributed by atoms with van der Waals surface area (Å²) in [6.07, 6.45) is 2.23. The van der Waals surface area contributed by atoms with Crippen molar-refractivity contribution in [2.24, 2.45) is 0 Å². The molecule has 2 N–H and O–H groups in total. The number of rotatable bonds is 5. The summed E-state index contributed by atoms with van der Waals surface area (Å²) >= 11 is 0. The van der Waals surface area contributed by atoms with Crippen molar-refractivity contribution in [2.45, 2.75) is 19.8 Å². The first-order valence-electron chi connectivity index (χ1n) is 7.80. The van der Waals surface area contributed by atoms with Crippen molar-refractivity contribution in [1.82, 2.24) is 4.98 Å². The Morgan fingerprint density at radius 2 is 2.04 bits per heavy atom. The summed E-state index contributed by atoms with van der Waals surface area (Å²) in [6, 6.07) is 8.95. The number of aryl methyl sites for hydroxylation is 1. The second kappa shape index (κ2) is 6.72. The van der Waals surface area contributed by atoms with Crippen LogP contribution in [-0.4, -0.2) is 15.8 Å². The van der Waals surface area contributed by atoms with Crippen molar-refractivity contribution in [3.63, 3.8) is 0 Å². The molecule has 3 aromatic rings. The molecule has 0 spiro atoms. The van der Waals surface area contributed by atoms with Crippen molar-refractivity contribution in [1.29, 1.82) is 0 Å². The maximum atomic E-state index is 13.4. The molecular formula is C18H16FN3O3. The average Bonchev–Trinajstić information content (AvgIpc) is 2.96. The number of nitrogens with one attached hydrogen (secondary N) is 2. The number of amides is 1. The van der Waals surface area contributed by atoms with E-state index in [0.717, 1.165) is 5.52 Å². The van der Waals surface area contributed by atoms with Crippen LogP contribution in [0.5, 0.6) is 0 Å². The van der Waals surface area contributed by atoms with Gasteiger partial charge in [0.05, 0.1) is 11.3 Å². The van der Waals surface area contributed by atoms with Crippen molar-refractivity contribution in [2.75, 3.05) is 5.32 Å². The van der Waals surface area contributed by atoms with Gasteiger partial charge < -0.3 is 10.3 Å². The lowest BCUT2D eigenvalue weighted by Crippen LogP contribution is -2.14. The van der Waals surface area contributed by atoms with E-state index in [-0.39, 0.29) is 23.8 Å². The number of anilines is 1. The fraction of sp³-hybridized carbons (Fsp3) is 0.167. The highest BCUT2D eigenvalue weighted by Crippen LogP contribution is 2.24. The molecule has 0 aliphatic heterocycles. The number of carbonyl (C=O) groups excluding carboxylic acids is 1. The monoisotopic (exact) mass is 341 g/mol. The van der Waals surface area contributed by atoms with Crippen LogP contribution in [0.25, 0.3) is 10.9 Å². The number of aromatic nitrogens is 1. The summed E-state index contributed by atoms with van der Waals surface area (Å²) in [6.45, 7) is 1.83. The largest absolute Gasteiger partial charge is 0.361 e. The van der Waals surface area contributed by atoms with Gasteiger partial charge in [0.15, 0.2) is 0 Å². The number of carbonyl (C=O) groups is 1. The molecule has 0 saturated carbocycles. The van der Waals surface area contributed by atoms with Crippen LogP contribution in [-0.2, 0) is 17.6 Å². The first-order chi connectivity index (χ1) is 12.0. The molecule has 3 rings (SSSR count). The van der Waals surface area contributed by atoms with Gasteiger partial charge in [0.25, 0.3) is 5.69 Å². The van der Waals surface area contributed by atoms with Crippen LogP contribution in [0.15, 0.2) is 42.6 Å². The lowest BCUT2D eigenvalue weighted by Gasteiger charge is -2.07. The van der Waals surface area contributed by atoms with Crippen molar-refractivity contribution in [3.8, 4) is 0 Å². The van der Waals surface area contributed by atoms with E-state index in [1.165, 1.54) is 18.2 Å². The van der Waals surface area contributed by atoms with Gasteiger partial charge in [0.1, 0.15) is 5.82 Å². The van der Waals surface area contributed by atoms with Crippen molar-refractivity contribution >= 4 is 28.2 Å². The predicted molar refractivity (Wildman–Crippen MR) is 93.1 cm³/mol. The molecule has 0 aliphatic rings. The first kappa shape index (κ1) is 16.6. The summed E-state index contributed by atoms with van der Waals surface area (Å²) in [5, 5.41) is 14.4. The van der Waals surface area contributed by atoms with Gasteiger partial charge in [-0.1, -0.05) is 13.0 Å². The van der Waals surface area contributed by atoms with Gasteiger partial charge in [-0.05, 0) is 36.2 Å². The Balaban J connectivity index is 1.79. The summed E-state index contributed by atoms with van der Waals surface area (Å²) < 4.78 is 13.4.